The fourth-order valence-corrected chi connectivity index (χ4v) is 1.73. The molecular weight excluding hydrogens is 218 g/mol. The minimum absolute atomic E-state index is 0.0326. The lowest BCUT2D eigenvalue weighted by Gasteiger charge is -2.35. The van der Waals surface area contributed by atoms with E-state index in [-0.39, 0.29) is 29.3 Å². The first-order chi connectivity index (χ1) is 7.73. The highest BCUT2D eigenvalue weighted by Crippen LogP contribution is 2.21. The van der Waals surface area contributed by atoms with Gasteiger partial charge in [0.25, 0.3) is 0 Å². The second-order valence-corrected chi connectivity index (χ2v) is 5.73. The van der Waals surface area contributed by atoms with E-state index in [1.54, 1.807) is 11.8 Å². The largest absolute Gasteiger partial charge is 0.353 e. The number of nitrogens with one attached hydrogen (secondary N) is 1. The van der Waals surface area contributed by atoms with Gasteiger partial charge in [-0.25, -0.2) is 0 Å². The van der Waals surface area contributed by atoms with E-state index in [9.17, 15) is 9.59 Å². The molecule has 17 heavy (non-hydrogen) atoms. The maximum absolute atomic E-state index is 12.1. The average molecular weight is 241 g/mol. The van der Waals surface area contributed by atoms with Gasteiger partial charge in [0.15, 0.2) is 0 Å². The lowest BCUT2D eigenvalue weighted by atomic mass is 9.85. The Balaban J connectivity index is 2.61. The molecule has 0 bridgehead atoms. The van der Waals surface area contributed by atoms with Crippen LogP contribution in [0.4, 0.5) is 0 Å². The van der Waals surface area contributed by atoms with Gasteiger partial charge >= 0.3 is 0 Å². The van der Waals surface area contributed by atoms with E-state index < -0.39 is 0 Å². The zero-order valence-corrected chi connectivity index (χ0v) is 11.1. The Morgan fingerprint density at radius 1 is 1.59 bits per heavy atom. The number of hydrogen-bond donors (Lipinski definition) is 2. The summed E-state index contributed by atoms with van der Waals surface area (Å²) in [7, 11) is 0. The molecule has 0 aromatic carbocycles. The van der Waals surface area contributed by atoms with Crippen molar-refractivity contribution in [2.45, 2.75) is 46.2 Å². The van der Waals surface area contributed by atoms with Crippen LogP contribution >= 0.6 is 0 Å². The summed E-state index contributed by atoms with van der Waals surface area (Å²) >= 11 is 0. The van der Waals surface area contributed by atoms with Crippen LogP contribution in [-0.4, -0.2) is 41.9 Å². The molecule has 5 nitrogen and oxygen atoms in total. The summed E-state index contributed by atoms with van der Waals surface area (Å²) in [5.41, 5.74) is 5.89. The van der Waals surface area contributed by atoms with Gasteiger partial charge in [0, 0.05) is 25.6 Å². The van der Waals surface area contributed by atoms with E-state index in [4.69, 9.17) is 5.73 Å². The third-order valence-electron chi connectivity index (χ3n) is 3.33. The van der Waals surface area contributed by atoms with Crippen LogP contribution in [0.3, 0.4) is 0 Å². The SMILES string of the molecule is CC1C(=O)NCCN1C(=O)CC(N)C(C)(C)C. The number of carbonyl (C=O) groups excluding carboxylic acids is 2. The molecule has 0 saturated carbocycles. The van der Waals surface area contributed by atoms with Gasteiger partial charge in [-0.15, -0.1) is 0 Å². The van der Waals surface area contributed by atoms with Crippen molar-refractivity contribution in [1.29, 1.82) is 0 Å². The van der Waals surface area contributed by atoms with Gasteiger partial charge in [-0.2, -0.15) is 0 Å². The third-order valence-corrected chi connectivity index (χ3v) is 3.33. The van der Waals surface area contributed by atoms with Crippen LogP contribution in [0.1, 0.15) is 34.1 Å². The molecule has 1 heterocycles. The minimum Gasteiger partial charge on any atom is -0.353 e. The van der Waals surface area contributed by atoms with E-state index in [1.807, 2.05) is 20.8 Å². The molecule has 3 N–H and O–H groups in total. The fraction of sp³-hybridized carbons (Fsp3) is 0.833. The molecule has 2 amide bonds. The molecule has 98 valence electrons. The fourth-order valence-electron chi connectivity index (χ4n) is 1.73. The molecule has 0 aromatic rings. The van der Waals surface area contributed by atoms with Crippen molar-refractivity contribution in [2.24, 2.45) is 11.1 Å². The number of carbonyl (C=O) groups is 2. The average Bonchev–Trinajstić information content (AvgIpc) is 2.20. The molecule has 1 saturated heterocycles. The van der Waals surface area contributed by atoms with Gasteiger partial charge in [0.2, 0.25) is 11.8 Å². The van der Waals surface area contributed by atoms with Gasteiger partial charge in [-0.1, -0.05) is 20.8 Å². The standard InChI is InChI=1S/C12H23N3O2/c1-8-11(17)14-5-6-15(8)10(16)7-9(13)12(2,3)4/h8-9H,5-7,13H2,1-4H3,(H,14,17). The maximum atomic E-state index is 12.1. The zero-order valence-electron chi connectivity index (χ0n) is 11.1. The molecule has 1 aliphatic rings. The lowest BCUT2D eigenvalue weighted by molar-refractivity contribution is -0.143. The van der Waals surface area contributed by atoms with Crippen molar-refractivity contribution in [3.05, 3.63) is 0 Å². The molecule has 2 atom stereocenters. The van der Waals surface area contributed by atoms with E-state index >= 15 is 0 Å². The summed E-state index contributed by atoms with van der Waals surface area (Å²) in [6.07, 6.45) is 0.293. The lowest BCUT2D eigenvalue weighted by Crippen LogP contribution is -2.56. The third kappa shape index (κ3) is 3.43. The summed E-state index contributed by atoms with van der Waals surface area (Å²) in [5, 5.41) is 2.74. The molecule has 0 aromatic heterocycles. The quantitative estimate of drug-likeness (QED) is 0.720. The smallest absolute Gasteiger partial charge is 0.242 e. The van der Waals surface area contributed by atoms with Crippen LogP contribution in [0, 0.1) is 5.41 Å². The molecule has 0 aliphatic carbocycles. The number of amides is 2. The topological polar surface area (TPSA) is 75.4 Å². The van der Waals surface area contributed by atoms with Crippen LogP contribution < -0.4 is 11.1 Å². The molecule has 1 fully saturated rings. The summed E-state index contributed by atoms with van der Waals surface area (Å²) in [6.45, 7) is 8.88. The van der Waals surface area contributed by atoms with Crippen LogP contribution in [-0.2, 0) is 9.59 Å². The number of nitrogens with two attached hydrogens (primary N) is 1. The maximum Gasteiger partial charge on any atom is 0.242 e. The van der Waals surface area contributed by atoms with Crippen LogP contribution in [0.5, 0.6) is 0 Å². The van der Waals surface area contributed by atoms with Gasteiger partial charge in [0.1, 0.15) is 6.04 Å². The second-order valence-electron chi connectivity index (χ2n) is 5.73. The van der Waals surface area contributed by atoms with Gasteiger partial charge in [-0.05, 0) is 12.3 Å². The van der Waals surface area contributed by atoms with Crippen LogP contribution in [0.2, 0.25) is 0 Å². The van der Waals surface area contributed by atoms with Gasteiger partial charge in [-0.3, -0.25) is 9.59 Å². The van der Waals surface area contributed by atoms with Gasteiger partial charge < -0.3 is 16.0 Å². The summed E-state index contributed by atoms with van der Waals surface area (Å²) in [4.78, 5) is 25.1. The number of hydrogen-bond acceptors (Lipinski definition) is 3. The van der Waals surface area contributed by atoms with Crippen molar-refractivity contribution < 1.29 is 9.59 Å². The molecule has 0 spiro atoms. The van der Waals surface area contributed by atoms with Crippen molar-refractivity contribution in [2.75, 3.05) is 13.1 Å². The highest BCUT2D eigenvalue weighted by atomic mass is 16.2. The number of nitrogens with zero attached hydrogens (tertiary/aromatic N) is 1. The van der Waals surface area contributed by atoms with Crippen molar-refractivity contribution in [3.63, 3.8) is 0 Å². The minimum atomic E-state index is -0.386. The molecule has 5 heteroatoms. The predicted molar refractivity (Wildman–Crippen MR) is 66.2 cm³/mol. The monoisotopic (exact) mass is 241 g/mol. The summed E-state index contributed by atoms with van der Waals surface area (Å²) < 4.78 is 0. The van der Waals surface area contributed by atoms with E-state index in [0.717, 1.165) is 0 Å². The van der Waals surface area contributed by atoms with E-state index in [0.29, 0.717) is 19.5 Å². The summed E-state index contributed by atoms with van der Waals surface area (Å²) in [5.74, 6) is -0.122. The van der Waals surface area contributed by atoms with Crippen molar-refractivity contribution in [1.82, 2.24) is 10.2 Å². The Labute approximate surface area is 103 Å². The first-order valence-corrected chi connectivity index (χ1v) is 6.06. The Hall–Kier alpha value is -1.10. The number of rotatable bonds is 2. The van der Waals surface area contributed by atoms with E-state index in [1.165, 1.54) is 0 Å². The zero-order chi connectivity index (χ0) is 13.2. The summed E-state index contributed by atoms with van der Waals surface area (Å²) in [6, 6.07) is -0.574. The van der Waals surface area contributed by atoms with Crippen molar-refractivity contribution >= 4 is 11.8 Å². The number of piperazine rings is 1. The molecular formula is C12H23N3O2. The van der Waals surface area contributed by atoms with E-state index in [2.05, 4.69) is 5.32 Å². The Kier molecular flexibility index (Phi) is 4.14. The first-order valence-electron chi connectivity index (χ1n) is 6.06. The Bertz CT molecular complexity index is 309. The highest BCUT2D eigenvalue weighted by molar-refractivity contribution is 5.88. The molecule has 0 radical (unpaired) electrons. The van der Waals surface area contributed by atoms with Crippen molar-refractivity contribution in [3.8, 4) is 0 Å². The molecule has 2 unspecified atom stereocenters. The van der Waals surface area contributed by atoms with Gasteiger partial charge in [0.05, 0.1) is 0 Å². The Morgan fingerprint density at radius 2 is 2.18 bits per heavy atom. The second kappa shape index (κ2) is 5.04. The predicted octanol–water partition coefficient (Wildman–Crippen LogP) is 0.0968. The van der Waals surface area contributed by atoms with Crippen LogP contribution in [0.15, 0.2) is 0 Å². The van der Waals surface area contributed by atoms with Crippen LogP contribution in [0.25, 0.3) is 0 Å². The Morgan fingerprint density at radius 3 is 2.71 bits per heavy atom. The molecule has 1 rings (SSSR count). The normalized spacial score (nSPS) is 23.2. The first kappa shape index (κ1) is 14.0. The molecule has 1 aliphatic heterocycles. The highest BCUT2D eigenvalue weighted by Gasteiger charge is 2.32.